The van der Waals surface area contributed by atoms with Crippen molar-refractivity contribution >= 4 is 46.9 Å². The van der Waals surface area contributed by atoms with Gasteiger partial charge in [-0.15, -0.1) is 0 Å². The molecule has 6 nitrogen and oxygen atoms in total. The zero-order chi connectivity index (χ0) is 20.8. The molecule has 0 aliphatic heterocycles. The predicted octanol–water partition coefficient (Wildman–Crippen LogP) is 4.72. The molecule has 3 aromatic rings. The van der Waals surface area contributed by atoms with E-state index in [1.807, 2.05) is 0 Å². The first kappa shape index (κ1) is 20.4. The van der Waals surface area contributed by atoms with Crippen LogP contribution >= 0.6 is 23.2 Å². The van der Waals surface area contributed by atoms with E-state index in [0.717, 1.165) is 0 Å². The van der Waals surface area contributed by atoms with Gasteiger partial charge in [-0.25, -0.2) is 5.43 Å². The number of rotatable bonds is 5. The van der Waals surface area contributed by atoms with Crippen LogP contribution in [0.2, 0.25) is 10.0 Å². The standard InChI is InChI=1S/C21H15Cl2N3O3/c22-16-3-1-2-14(10-16)20(28)25-18-7-4-13(5-8-18)21(29)26-24-12-15-11-17(23)6-9-19(15)27/h1-12,27H,(H,25,28)(H,26,29)/b24-12+. The molecule has 0 heterocycles. The molecule has 0 unspecified atom stereocenters. The largest absolute Gasteiger partial charge is 0.507 e. The van der Waals surface area contributed by atoms with Crippen LogP contribution in [-0.4, -0.2) is 23.1 Å². The second-order valence-electron chi connectivity index (χ2n) is 5.94. The van der Waals surface area contributed by atoms with E-state index in [0.29, 0.717) is 32.4 Å². The molecule has 0 radical (unpaired) electrons. The van der Waals surface area contributed by atoms with Gasteiger partial charge in [0.15, 0.2) is 0 Å². The number of amides is 2. The third-order valence-electron chi connectivity index (χ3n) is 3.85. The molecule has 3 aromatic carbocycles. The Balaban J connectivity index is 1.60. The van der Waals surface area contributed by atoms with Crippen molar-refractivity contribution in [1.82, 2.24) is 5.43 Å². The number of phenolic OH excluding ortho intramolecular Hbond substituents is 1. The SMILES string of the molecule is O=C(N/N=C/c1cc(Cl)ccc1O)c1ccc(NC(=O)c2cccc(Cl)c2)cc1. The summed E-state index contributed by atoms with van der Waals surface area (Å²) < 4.78 is 0. The fourth-order valence-corrected chi connectivity index (χ4v) is 2.76. The van der Waals surface area contributed by atoms with Crippen molar-refractivity contribution in [2.45, 2.75) is 0 Å². The summed E-state index contributed by atoms with van der Waals surface area (Å²) in [6, 6.07) is 17.4. The summed E-state index contributed by atoms with van der Waals surface area (Å²) in [5, 5.41) is 17.2. The summed E-state index contributed by atoms with van der Waals surface area (Å²) in [5.41, 5.74) is 4.03. The maximum atomic E-state index is 12.2. The van der Waals surface area contributed by atoms with Crippen LogP contribution in [-0.2, 0) is 0 Å². The lowest BCUT2D eigenvalue weighted by Crippen LogP contribution is -2.18. The molecule has 0 bridgehead atoms. The highest BCUT2D eigenvalue weighted by atomic mass is 35.5. The summed E-state index contributed by atoms with van der Waals surface area (Å²) >= 11 is 11.7. The van der Waals surface area contributed by atoms with E-state index in [1.54, 1.807) is 54.6 Å². The molecule has 0 atom stereocenters. The van der Waals surface area contributed by atoms with Crippen molar-refractivity contribution < 1.29 is 14.7 Å². The number of hydrogen-bond donors (Lipinski definition) is 3. The number of anilines is 1. The number of aromatic hydroxyl groups is 1. The van der Waals surface area contributed by atoms with E-state index in [4.69, 9.17) is 23.2 Å². The number of carbonyl (C=O) groups is 2. The molecular weight excluding hydrogens is 413 g/mol. The summed E-state index contributed by atoms with van der Waals surface area (Å²) in [7, 11) is 0. The molecular formula is C21H15Cl2N3O3. The first-order valence-electron chi connectivity index (χ1n) is 8.41. The van der Waals surface area contributed by atoms with Gasteiger partial charge in [0, 0.05) is 32.4 Å². The summed E-state index contributed by atoms with van der Waals surface area (Å²) in [5.74, 6) is -0.765. The predicted molar refractivity (Wildman–Crippen MR) is 114 cm³/mol. The topological polar surface area (TPSA) is 90.8 Å². The highest BCUT2D eigenvalue weighted by Gasteiger charge is 2.08. The summed E-state index contributed by atoms with van der Waals surface area (Å²) in [6.45, 7) is 0. The Morgan fingerprint density at radius 1 is 0.862 bits per heavy atom. The first-order chi connectivity index (χ1) is 13.9. The third kappa shape index (κ3) is 5.57. The Kier molecular flexibility index (Phi) is 6.49. The van der Waals surface area contributed by atoms with Gasteiger partial charge in [-0.2, -0.15) is 5.10 Å². The molecule has 8 heteroatoms. The number of nitrogens with zero attached hydrogens (tertiary/aromatic N) is 1. The lowest BCUT2D eigenvalue weighted by atomic mass is 10.1. The van der Waals surface area contributed by atoms with Crippen molar-refractivity contribution in [2.24, 2.45) is 5.10 Å². The Bertz CT molecular complexity index is 1080. The summed E-state index contributed by atoms with van der Waals surface area (Å²) in [6.07, 6.45) is 1.29. The molecule has 3 N–H and O–H groups in total. The Morgan fingerprint density at radius 3 is 2.31 bits per heavy atom. The van der Waals surface area contributed by atoms with Crippen LogP contribution in [0.1, 0.15) is 26.3 Å². The average molecular weight is 428 g/mol. The number of nitrogens with one attached hydrogen (secondary N) is 2. The maximum absolute atomic E-state index is 12.2. The number of hydrogen-bond acceptors (Lipinski definition) is 4. The zero-order valence-corrected chi connectivity index (χ0v) is 16.4. The number of hydrazone groups is 1. The van der Waals surface area contributed by atoms with Gasteiger partial charge in [-0.05, 0) is 60.7 Å². The number of benzene rings is 3. The number of halogens is 2. The fraction of sp³-hybridized carbons (Fsp3) is 0. The molecule has 0 spiro atoms. The van der Waals surface area contributed by atoms with E-state index < -0.39 is 5.91 Å². The molecule has 29 heavy (non-hydrogen) atoms. The van der Waals surface area contributed by atoms with Gasteiger partial charge >= 0.3 is 0 Å². The Morgan fingerprint density at radius 2 is 1.59 bits per heavy atom. The van der Waals surface area contributed by atoms with Crippen LogP contribution in [0.15, 0.2) is 71.8 Å². The minimum atomic E-state index is -0.449. The molecule has 0 aliphatic carbocycles. The lowest BCUT2D eigenvalue weighted by molar-refractivity contribution is 0.0954. The van der Waals surface area contributed by atoms with Crippen LogP contribution in [0.5, 0.6) is 5.75 Å². The van der Waals surface area contributed by atoms with Crippen molar-refractivity contribution in [3.8, 4) is 5.75 Å². The van der Waals surface area contributed by atoms with E-state index in [9.17, 15) is 14.7 Å². The van der Waals surface area contributed by atoms with Crippen molar-refractivity contribution in [1.29, 1.82) is 0 Å². The smallest absolute Gasteiger partial charge is 0.271 e. The summed E-state index contributed by atoms with van der Waals surface area (Å²) in [4.78, 5) is 24.4. The van der Waals surface area contributed by atoms with Crippen LogP contribution in [0.4, 0.5) is 5.69 Å². The number of carbonyl (C=O) groups excluding carboxylic acids is 2. The van der Waals surface area contributed by atoms with Gasteiger partial charge in [0.1, 0.15) is 5.75 Å². The van der Waals surface area contributed by atoms with Gasteiger partial charge in [0.2, 0.25) is 0 Å². The van der Waals surface area contributed by atoms with Gasteiger partial charge in [0.25, 0.3) is 11.8 Å². The zero-order valence-electron chi connectivity index (χ0n) is 14.9. The van der Waals surface area contributed by atoms with E-state index in [-0.39, 0.29) is 11.7 Å². The van der Waals surface area contributed by atoms with E-state index in [1.165, 1.54) is 18.3 Å². The van der Waals surface area contributed by atoms with E-state index in [2.05, 4.69) is 15.8 Å². The second-order valence-corrected chi connectivity index (χ2v) is 6.82. The van der Waals surface area contributed by atoms with Gasteiger partial charge < -0.3 is 10.4 Å². The molecule has 0 saturated heterocycles. The van der Waals surface area contributed by atoms with Crippen molar-refractivity contribution in [3.05, 3.63) is 93.5 Å². The van der Waals surface area contributed by atoms with Crippen LogP contribution in [0, 0.1) is 0 Å². The van der Waals surface area contributed by atoms with Crippen molar-refractivity contribution in [2.75, 3.05) is 5.32 Å². The second kappa shape index (κ2) is 9.23. The lowest BCUT2D eigenvalue weighted by Gasteiger charge is -2.06. The minimum Gasteiger partial charge on any atom is -0.507 e. The highest BCUT2D eigenvalue weighted by Crippen LogP contribution is 2.19. The molecule has 0 aromatic heterocycles. The van der Waals surface area contributed by atoms with E-state index >= 15 is 0 Å². The average Bonchev–Trinajstić information content (AvgIpc) is 2.71. The fourth-order valence-electron chi connectivity index (χ4n) is 2.39. The van der Waals surface area contributed by atoms with Gasteiger partial charge in [0.05, 0.1) is 6.21 Å². The minimum absolute atomic E-state index is 0.00722. The normalized spacial score (nSPS) is 10.7. The Hall–Kier alpha value is -3.35. The first-order valence-corrected chi connectivity index (χ1v) is 9.17. The van der Waals surface area contributed by atoms with Crippen molar-refractivity contribution in [3.63, 3.8) is 0 Å². The molecule has 0 fully saturated rings. The maximum Gasteiger partial charge on any atom is 0.271 e. The molecule has 0 saturated carbocycles. The highest BCUT2D eigenvalue weighted by molar-refractivity contribution is 6.31. The van der Waals surface area contributed by atoms with Crippen LogP contribution in [0.3, 0.4) is 0 Å². The molecule has 3 rings (SSSR count). The quantitative estimate of drug-likeness (QED) is 0.406. The van der Waals surface area contributed by atoms with Gasteiger partial charge in [-0.3, -0.25) is 9.59 Å². The third-order valence-corrected chi connectivity index (χ3v) is 4.32. The van der Waals surface area contributed by atoms with Crippen LogP contribution in [0.25, 0.3) is 0 Å². The molecule has 2 amide bonds. The molecule has 146 valence electrons. The molecule has 0 aliphatic rings. The Labute approximate surface area is 176 Å². The monoisotopic (exact) mass is 427 g/mol. The van der Waals surface area contributed by atoms with Crippen LogP contribution < -0.4 is 10.7 Å². The van der Waals surface area contributed by atoms with Gasteiger partial charge in [-0.1, -0.05) is 29.3 Å². The number of phenols is 1.